The number of H-pyrrole nitrogens is 1. The fourth-order valence-corrected chi connectivity index (χ4v) is 1.86. The van der Waals surface area contributed by atoms with Gasteiger partial charge in [-0.25, -0.2) is 4.79 Å². The van der Waals surface area contributed by atoms with Crippen LogP contribution < -0.4 is 5.32 Å². The Morgan fingerprint density at radius 2 is 2.06 bits per heavy atom. The van der Waals surface area contributed by atoms with Gasteiger partial charge >= 0.3 is 5.97 Å². The maximum Gasteiger partial charge on any atom is 0.341 e. The van der Waals surface area contributed by atoms with Gasteiger partial charge in [-0.3, -0.25) is 5.10 Å². The lowest BCUT2D eigenvalue weighted by molar-refractivity contribution is 0.0697. The number of hydrogen-bond donors (Lipinski definition) is 3. The topological polar surface area (TPSA) is 78.0 Å². The molecule has 94 valence electrons. The Kier molecular flexibility index (Phi) is 3.06. The molecule has 0 saturated carbocycles. The Morgan fingerprint density at radius 3 is 2.67 bits per heavy atom. The number of aromatic nitrogens is 2. The molecule has 2 rings (SSSR count). The molecule has 3 N–H and O–H groups in total. The fraction of sp³-hybridized carbons (Fsp3) is 0.231. The minimum absolute atomic E-state index is 0.176. The summed E-state index contributed by atoms with van der Waals surface area (Å²) >= 11 is 0. The van der Waals surface area contributed by atoms with Crippen molar-refractivity contribution in [3.63, 3.8) is 0 Å². The summed E-state index contributed by atoms with van der Waals surface area (Å²) in [6.45, 7) is 5.66. The van der Waals surface area contributed by atoms with Gasteiger partial charge in [0, 0.05) is 11.4 Å². The van der Waals surface area contributed by atoms with Gasteiger partial charge in [0.25, 0.3) is 0 Å². The predicted octanol–water partition coefficient (Wildman–Crippen LogP) is 2.78. The van der Waals surface area contributed by atoms with Crippen molar-refractivity contribution in [3.8, 4) is 0 Å². The average Bonchev–Trinajstić information content (AvgIpc) is 2.64. The van der Waals surface area contributed by atoms with Crippen molar-refractivity contribution in [2.24, 2.45) is 0 Å². The maximum atomic E-state index is 11.1. The van der Waals surface area contributed by atoms with Gasteiger partial charge in [0.05, 0.1) is 0 Å². The SMILES string of the molecule is Cc1ccc(Nc2n[nH]c(C)c2C(=O)O)c(C)c1. The molecule has 0 aliphatic rings. The molecule has 0 fully saturated rings. The highest BCUT2D eigenvalue weighted by Gasteiger charge is 2.17. The lowest BCUT2D eigenvalue weighted by Crippen LogP contribution is -2.03. The first-order valence-electron chi connectivity index (χ1n) is 5.61. The Labute approximate surface area is 105 Å². The first-order chi connectivity index (χ1) is 8.49. The molecule has 18 heavy (non-hydrogen) atoms. The summed E-state index contributed by atoms with van der Waals surface area (Å²) in [6.07, 6.45) is 0. The molecule has 0 spiro atoms. The van der Waals surface area contributed by atoms with Crippen LogP contribution >= 0.6 is 0 Å². The number of rotatable bonds is 3. The number of aromatic carboxylic acids is 1. The molecule has 0 radical (unpaired) electrons. The third-order valence-electron chi connectivity index (χ3n) is 2.80. The Balaban J connectivity index is 2.37. The van der Waals surface area contributed by atoms with E-state index >= 15 is 0 Å². The molecule has 0 aliphatic carbocycles. The summed E-state index contributed by atoms with van der Waals surface area (Å²) in [6, 6.07) is 5.91. The minimum Gasteiger partial charge on any atom is -0.477 e. The summed E-state index contributed by atoms with van der Waals surface area (Å²) in [4.78, 5) is 11.1. The number of anilines is 2. The number of hydrogen-bond acceptors (Lipinski definition) is 3. The van der Waals surface area contributed by atoms with Gasteiger partial charge in [0.15, 0.2) is 5.82 Å². The van der Waals surface area contributed by atoms with E-state index in [0.717, 1.165) is 16.8 Å². The first kappa shape index (κ1) is 12.2. The molecule has 1 heterocycles. The van der Waals surface area contributed by atoms with Crippen LogP contribution in [0, 0.1) is 20.8 Å². The molecule has 0 bridgehead atoms. The highest BCUT2D eigenvalue weighted by Crippen LogP contribution is 2.24. The van der Waals surface area contributed by atoms with Crippen LogP contribution in [0.25, 0.3) is 0 Å². The zero-order valence-electron chi connectivity index (χ0n) is 10.5. The van der Waals surface area contributed by atoms with Crippen LogP contribution in [0.1, 0.15) is 27.2 Å². The van der Waals surface area contributed by atoms with Crippen molar-refractivity contribution < 1.29 is 9.90 Å². The fourth-order valence-electron chi connectivity index (χ4n) is 1.86. The highest BCUT2D eigenvalue weighted by molar-refractivity contribution is 5.95. The normalized spacial score (nSPS) is 10.4. The van der Waals surface area contributed by atoms with E-state index in [4.69, 9.17) is 5.11 Å². The Morgan fingerprint density at radius 1 is 1.33 bits per heavy atom. The molecule has 0 atom stereocenters. The summed E-state index contributed by atoms with van der Waals surface area (Å²) in [5.41, 5.74) is 3.78. The van der Waals surface area contributed by atoms with Crippen molar-refractivity contribution >= 4 is 17.5 Å². The molecule has 0 saturated heterocycles. The van der Waals surface area contributed by atoms with E-state index in [2.05, 4.69) is 15.5 Å². The van der Waals surface area contributed by atoms with E-state index in [-0.39, 0.29) is 5.56 Å². The second-order valence-electron chi connectivity index (χ2n) is 4.32. The number of aromatic amines is 1. The van der Waals surface area contributed by atoms with Crippen LogP contribution in [0.2, 0.25) is 0 Å². The maximum absolute atomic E-state index is 11.1. The van der Waals surface area contributed by atoms with E-state index < -0.39 is 5.97 Å². The van der Waals surface area contributed by atoms with Crippen LogP contribution in [0.5, 0.6) is 0 Å². The van der Waals surface area contributed by atoms with Crippen LogP contribution in [0.3, 0.4) is 0 Å². The summed E-state index contributed by atoms with van der Waals surface area (Å²) in [5, 5.41) is 18.8. The third-order valence-corrected chi connectivity index (χ3v) is 2.80. The average molecular weight is 245 g/mol. The molecule has 0 unspecified atom stereocenters. The summed E-state index contributed by atoms with van der Waals surface area (Å²) in [5.74, 6) is -0.652. The van der Waals surface area contributed by atoms with Gasteiger partial charge in [-0.1, -0.05) is 17.7 Å². The number of nitrogens with zero attached hydrogens (tertiary/aromatic N) is 1. The number of carboxylic acids is 1. The van der Waals surface area contributed by atoms with Crippen LogP contribution in [0.4, 0.5) is 11.5 Å². The van der Waals surface area contributed by atoms with Gasteiger partial charge in [-0.2, -0.15) is 5.10 Å². The van der Waals surface area contributed by atoms with Crippen LogP contribution in [-0.4, -0.2) is 21.3 Å². The summed E-state index contributed by atoms with van der Waals surface area (Å²) < 4.78 is 0. The van der Waals surface area contributed by atoms with E-state index in [0.29, 0.717) is 11.5 Å². The molecular weight excluding hydrogens is 230 g/mol. The van der Waals surface area contributed by atoms with Crippen molar-refractivity contribution in [2.75, 3.05) is 5.32 Å². The van der Waals surface area contributed by atoms with Gasteiger partial charge < -0.3 is 10.4 Å². The monoisotopic (exact) mass is 245 g/mol. The van der Waals surface area contributed by atoms with E-state index in [1.165, 1.54) is 0 Å². The third kappa shape index (κ3) is 2.20. The van der Waals surface area contributed by atoms with Gasteiger partial charge in [0.1, 0.15) is 5.56 Å². The number of nitrogens with one attached hydrogen (secondary N) is 2. The predicted molar refractivity (Wildman–Crippen MR) is 69.5 cm³/mol. The second-order valence-corrected chi connectivity index (χ2v) is 4.32. The van der Waals surface area contributed by atoms with Gasteiger partial charge in [-0.15, -0.1) is 0 Å². The molecular formula is C13H15N3O2. The second kappa shape index (κ2) is 4.52. The van der Waals surface area contributed by atoms with Crippen molar-refractivity contribution in [2.45, 2.75) is 20.8 Å². The molecule has 1 aromatic heterocycles. The van der Waals surface area contributed by atoms with Crippen molar-refractivity contribution in [1.82, 2.24) is 10.2 Å². The number of carbonyl (C=O) groups is 1. The van der Waals surface area contributed by atoms with Crippen LogP contribution in [-0.2, 0) is 0 Å². The minimum atomic E-state index is -0.992. The van der Waals surface area contributed by atoms with E-state index in [9.17, 15) is 4.79 Å². The Bertz CT molecular complexity index is 602. The largest absolute Gasteiger partial charge is 0.477 e. The lowest BCUT2D eigenvalue weighted by Gasteiger charge is -2.08. The number of aryl methyl sites for hydroxylation is 3. The van der Waals surface area contributed by atoms with Crippen LogP contribution in [0.15, 0.2) is 18.2 Å². The standard InChI is InChI=1S/C13H15N3O2/c1-7-4-5-10(8(2)6-7)14-12-11(13(17)18)9(3)15-16-12/h4-6H,1-3H3,(H,17,18)(H2,14,15,16). The van der Waals surface area contributed by atoms with Crippen molar-refractivity contribution in [1.29, 1.82) is 0 Å². The molecule has 1 aromatic carbocycles. The molecule has 5 heteroatoms. The lowest BCUT2D eigenvalue weighted by atomic mass is 10.1. The Hall–Kier alpha value is -2.30. The molecule has 5 nitrogen and oxygen atoms in total. The quantitative estimate of drug-likeness (QED) is 0.777. The summed E-state index contributed by atoms with van der Waals surface area (Å²) in [7, 11) is 0. The zero-order valence-corrected chi connectivity index (χ0v) is 10.5. The molecule has 0 amide bonds. The van der Waals surface area contributed by atoms with Crippen molar-refractivity contribution in [3.05, 3.63) is 40.6 Å². The number of carboxylic acid groups (broad SMARTS) is 1. The van der Waals surface area contributed by atoms with Gasteiger partial charge in [-0.05, 0) is 32.4 Å². The highest BCUT2D eigenvalue weighted by atomic mass is 16.4. The first-order valence-corrected chi connectivity index (χ1v) is 5.61. The smallest absolute Gasteiger partial charge is 0.341 e. The number of benzene rings is 1. The molecule has 0 aliphatic heterocycles. The van der Waals surface area contributed by atoms with E-state index in [1.54, 1.807) is 6.92 Å². The molecule has 2 aromatic rings. The van der Waals surface area contributed by atoms with Gasteiger partial charge in [0.2, 0.25) is 0 Å². The van der Waals surface area contributed by atoms with E-state index in [1.807, 2.05) is 32.0 Å². The zero-order chi connectivity index (χ0) is 13.3.